The molecule has 106 valence electrons. The second-order valence-corrected chi connectivity index (χ2v) is 5.42. The second-order valence-electron chi connectivity index (χ2n) is 4.43. The second kappa shape index (κ2) is 8.08. The molecule has 1 heterocycles. The minimum atomic E-state index is 0.0124. The highest BCUT2D eigenvalue weighted by molar-refractivity contribution is 7.99. The number of nitriles is 1. The van der Waals surface area contributed by atoms with Crippen LogP contribution in [0.4, 0.5) is 0 Å². The maximum atomic E-state index is 11.7. The van der Waals surface area contributed by atoms with Gasteiger partial charge in [-0.3, -0.25) is 9.78 Å². The zero-order chi connectivity index (χ0) is 14.9. The van der Waals surface area contributed by atoms with Crippen molar-refractivity contribution < 1.29 is 4.79 Å². The van der Waals surface area contributed by atoms with Crippen molar-refractivity contribution in [2.75, 3.05) is 5.75 Å². The van der Waals surface area contributed by atoms with Crippen LogP contribution in [0.5, 0.6) is 0 Å². The number of carbonyl (C=O) groups excluding carboxylic acids is 1. The first-order valence-corrected chi connectivity index (χ1v) is 7.66. The number of thioether (sulfide) groups is 1. The molecule has 0 atom stereocenters. The molecule has 0 unspecified atom stereocenters. The molecule has 0 aliphatic carbocycles. The molecule has 21 heavy (non-hydrogen) atoms. The molecule has 1 aromatic heterocycles. The lowest BCUT2D eigenvalue weighted by Crippen LogP contribution is -2.24. The Bertz CT molecular complexity index is 620. The van der Waals surface area contributed by atoms with Crippen LogP contribution in [-0.4, -0.2) is 16.6 Å². The monoisotopic (exact) mass is 297 g/mol. The van der Waals surface area contributed by atoms with Crippen LogP contribution in [0.1, 0.15) is 16.7 Å². The normalized spacial score (nSPS) is 9.86. The summed E-state index contributed by atoms with van der Waals surface area (Å²) in [6.45, 7) is 0.486. The third-order valence-electron chi connectivity index (χ3n) is 2.82. The molecule has 0 fully saturated rings. The highest BCUT2D eigenvalue weighted by atomic mass is 32.2. The summed E-state index contributed by atoms with van der Waals surface area (Å²) in [5.74, 6) is 1.24. The molecule has 2 aromatic rings. The molecule has 0 saturated carbocycles. The van der Waals surface area contributed by atoms with E-state index in [4.69, 9.17) is 5.26 Å². The molecular formula is C16H15N3OS. The van der Waals surface area contributed by atoms with Crippen LogP contribution in [0, 0.1) is 11.3 Å². The first-order chi connectivity index (χ1) is 10.3. The smallest absolute Gasteiger partial charge is 0.230 e. The van der Waals surface area contributed by atoms with Gasteiger partial charge in [-0.15, -0.1) is 11.8 Å². The van der Waals surface area contributed by atoms with Crippen molar-refractivity contribution in [1.29, 1.82) is 5.26 Å². The van der Waals surface area contributed by atoms with E-state index in [1.165, 1.54) is 0 Å². The molecular weight excluding hydrogens is 282 g/mol. The van der Waals surface area contributed by atoms with Gasteiger partial charge >= 0.3 is 0 Å². The summed E-state index contributed by atoms with van der Waals surface area (Å²) in [6.07, 6.45) is 3.50. The zero-order valence-corrected chi connectivity index (χ0v) is 12.3. The zero-order valence-electron chi connectivity index (χ0n) is 11.5. The van der Waals surface area contributed by atoms with Gasteiger partial charge in [0.2, 0.25) is 5.91 Å². The van der Waals surface area contributed by atoms with Crippen molar-refractivity contribution >= 4 is 17.7 Å². The van der Waals surface area contributed by atoms with Gasteiger partial charge in [-0.25, -0.2) is 0 Å². The maximum Gasteiger partial charge on any atom is 0.230 e. The van der Waals surface area contributed by atoms with Crippen molar-refractivity contribution in [3.63, 3.8) is 0 Å². The van der Waals surface area contributed by atoms with E-state index < -0.39 is 0 Å². The fourth-order valence-corrected chi connectivity index (χ4v) is 2.51. The van der Waals surface area contributed by atoms with Crippen LogP contribution in [0.3, 0.4) is 0 Å². The van der Waals surface area contributed by atoms with Gasteiger partial charge in [0, 0.05) is 24.7 Å². The number of nitrogens with one attached hydrogen (secondary N) is 1. The molecule has 1 aromatic carbocycles. The molecule has 0 saturated heterocycles. The van der Waals surface area contributed by atoms with Crippen molar-refractivity contribution in [3.05, 3.63) is 65.5 Å². The average Bonchev–Trinajstić information content (AvgIpc) is 2.54. The van der Waals surface area contributed by atoms with E-state index in [-0.39, 0.29) is 5.91 Å². The van der Waals surface area contributed by atoms with Gasteiger partial charge in [-0.05, 0) is 35.4 Å². The van der Waals surface area contributed by atoms with Gasteiger partial charge in [-0.2, -0.15) is 5.26 Å². The van der Waals surface area contributed by atoms with E-state index in [1.54, 1.807) is 36.3 Å². The Balaban J connectivity index is 1.68. The SMILES string of the molecule is N#Cc1ccc(CNC(=O)CSCc2ccncc2)cc1. The van der Waals surface area contributed by atoms with Crippen molar-refractivity contribution in [2.45, 2.75) is 12.3 Å². The number of hydrogen-bond donors (Lipinski definition) is 1. The highest BCUT2D eigenvalue weighted by Gasteiger charge is 2.02. The molecule has 1 N–H and O–H groups in total. The summed E-state index contributed by atoms with van der Waals surface area (Å²) in [7, 11) is 0. The van der Waals surface area contributed by atoms with Crippen LogP contribution >= 0.6 is 11.8 Å². The standard InChI is InChI=1S/C16H15N3OS/c17-9-13-1-3-14(4-2-13)10-19-16(20)12-21-11-15-5-7-18-8-6-15/h1-8H,10-12H2,(H,19,20). The Morgan fingerprint density at radius 3 is 2.52 bits per heavy atom. The summed E-state index contributed by atoms with van der Waals surface area (Å²) in [4.78, 5) is 15.7. The molecule has 1 amide bonds. The first kappa shape index (κ1) is 15.1. The lowest BCUT2D eigenvalue weighted by Gasteiger charge is -2.05. The average molecular weight is 297 g/mol. The van der Waals surface area contributed by atoms with Crippen molar-refractivity contribution in [3.8, 4) is 6.07 Å². The summed E-state index contributed by atoms with van der Waals surface area (Å²) >= 11 is 1.57. The predicted molar refractivity (Wildman–Crippen MR) is 83.4 cm³/mol. The van der Waals surface area contributed by atoms with Gasteiger partial charge in [0.05, 0.1) is 17.4 Å². The lowest BCUT2D eigenvalue weighted by atomic mass is 10.1. The number of hydrogen-bond acceptors (Lipinski definition) is 4. The van der Waals surface area contributed by atoms with Crippen LogP contribution in [0.25, 0.3) is 0 Å². The van der Waals surface area contributed by atoms with E-state index in [0.29, 0.717) is 17.9 Å². The first-order valence-electron chi connectivity index (χ1n) is 6.50. The van der Waals surface area contributed by atoms with Gasteiger partial charge in [0.25, 0.3) is 0 Å². The largest absolute Gasteiger partial charge is 0.351 e. The number of carbonyl (C=O) groups is 1. The summed E-state index contributed by atoms with van der Waals surface area (Å²) in [5.41, 5.74) is 2.77. The Labute approximate surface area is 128 Å². The number of rotatable bonds is 6. The van der Waals surface area contributed by atoms with E-state index in [1.807, 2.05) is 24.3 Å². The number of amides is 1. The number of benzene rings is 1. The maximum absolute atomic E-state index is 11.7. The molecule has 0 bridgehead atoms. The molecule has 2 rings (SSSR count). The van der Waals surface area contributed by atoms with Gasteiger partial charge in [0.1, 0.15) is 0 Å². The van der Waals surface area contributed by atoms with Gasteiger partial charge in [-0.1, -0.05) is 12.1 Å². The number of pyridine rings is 1. The summed E-state index contributed by atoms with van der Waals surface area (Å²) < 4.78 is 0. The molecule has 0 spiro atoms. The Morgan fingerprint density at radius 2 is 1.86 bits per heavy atom. The van der Waals surface area contributed by atoms with Crippen molar-refractivity contribution in [2.24, 2.45) is 0 Å². The van der Waals surface area contributed by atoms with E-state index in [0.717, 1.165) is 16.9 Å². The molecule has 4 nitrogen and oxygen atoms in total. The Kier molecular flexibility index (Phi) is 5.80. The third-order valence-corrected chi connectivity index (χ3v) is 3.83. The fraction of sp³-hybridized carbons (Fsp3) is 0.188. The van der Waals surface area contributed by atoms with Crippen LogP contribution in [-0.2, 0) is 17.1 Å². The van der Waals surface area contributed by atoms with E-state index >= 15 is 0 Å². The van der Waals surface area contributed by atoms with Crippen LogP contribution in [0.2, 0.25) is 0 Å². The van der Waals surface area contributed by atoms with Gasteiger partial charge < -0.3 is 5.32 Å². The minimum Gasteiger partial charge on any atom is -0.351 e. The molecule has 0 radical (unpaired) electrons. The fourth-order valence-electron chi connectivity index (χ4n) is 1.69. The highest BCUT2D eigenvalue weighted by Crippen LogP contribution is 2.10. The molecule has 0 aliphatic rings. The molecule has 5 heteroatoms. The van der Waals surface area contributed by atoms with Crippen LogP contribution < -0.4 is 5.32 Å². The summed E-state index contributed by atoms with van der Waals surface area (Å²) in [6, 6.07) is 13.2. The summed E-state index contributed by atoms with van der Waals surface area (Å²) in [5, 5.41) is 11.6. The van der Waals surface area contributed by atoms with Gasteiger partial charge in [0.15, 0.2) is 0 Å². The Hall–Kier alpha value is -2.32. The number of nitrogens with zero attached hydrogens (tertiary/aromatic N) is 2. The lowest BCUT2D eigenvalue weighted by molar-refractivity contribution is -0.118. The van der Waals surface area contributed by atoms with Crippen LogP contribution in [0.15, 0.2) is 48.8 Å². The quantitative estimate of drug-likeness (QED) is 0.889. The third kappa shape index (κ3) is 5.28. The molecule has 0 aliphatic heterocycles. The number of aromatic nitrogens is 1. The minimum absolute atomic E-state index is 0.0124. The van der Waals surface area contributed by atoms with Crippen molar-refractivity contribution in [1.82, 2.24) is 10.3 Å². The van der Waals surface area contributed by atoms with E-state index in [2.05, 4.69) is 16.4 Å². The topological polar surface area (TPSA) is 65.8 Å². The predicted octanol–water partition coefficient (Wildman–Crippen LogP) is 2.50. The Morgan fingerprint density at radius 1 is 1.14 bits per heavy atom. The van der Waals surface area contributed by atoms with E-state index in [9.17, 15) is 4.79 Å².